The van der Waals surface area contributed by atoms with Crippen LogP contribution < -0.4 is 5.32 Å². The summed E-state index contributed by atoms with van der Waals surface area (Å²) in [6.07, 6.45) is 0.864. The van der Waals surface area contributed by atoms with Gasteiger partial charge in [-0.3, -0.25) is 9.59 Å². The Morgan fingerprint density at radius 1 is 0.897 bits per heavy atom. The summed E-state index contributed by atoms with van der Waals surface area (Å²) in [5, 5.41) is 2.97. The summed E-state index contributed by atoms with van der Waals surface area (Å²) in [5.41, 5.74) is 5.47. The van der Waals surface area contributed by atoms with E-state index < -0.39 is 6.04 Å². The Labute approximate surface area is 175 Å². The third kappa shape index (κ3) is 6.74. The zero-order chi connectivity index (χ0) is 21.6. The van der Waals surface area contributed by atoms with E-state index in [1.165, 1.54) is 5.56 Å². The monoisotopic (exact) mass is 394 g/mol. The smallest absolute Gasteiger partial charge is 0.243 e. The molecule has 0 saturated carbocycles. The highest BCUT2D eigenvalue weighted by Crippen LogP contribution is 2.17. The first-order valence-corrected chi connectivity index (χ1v) is 10.4. The quantitative estimate of drug-likeness (QED) is 0.717. The van der Waals surface area contributed by atoms with Gasteiger partial charge in [-0.1, -0.05) is 66.1 Å². The molecule has 2 aromatic rings. The van der Waals surface area contributed by atoms with Gasteiger partial charge in [-0.25, -0.2) is 0 Å². The van der Waals surface area contributed by atoms with Gasteiger partial charge in [-0.2, -0.15) is 0 Å². The third-order valence-corrected chi connectivity index (χ3v) is 4.93. The third-order valence-electron chi connectivity index (χ3n) is 4.93. The molecule has 2 amide bonds. The average molecular weight is 395 g/mol. The summed E-state index contributed by atoms with van der Waals surface area (Å²) < 4.78 is 0. The lowest BCUT2D eigenvalue weighted by Crippen LogP contribution is -2.50. The van der Waals surface area contributed by atoms with Crippen molar-refractivity contribution in [2.75, 3.05) is 0 Å². The Kier molecular flexibility index (Phi) is 8.00. The predicted octanol–water partition coefficient (Wildman–Crippen LogP) is 4.49. The van der Waals surface area contributed by atoms with Crippen molar-refractivity contribution in [2.45, 2.75) is 73.0 Å². The zero-order valence-electron chi connectivity index (χ0n) is 18.6. The number of nitrogens with zero attached hydrogens (tertiary/aromatic N) is 1. The van der Waals surface area contributed by atoms with Gasteiger partial charge >= 0.3 is 0 Å². The van der Waals surface area contributed by atoms with Crippen LogP contribution in [0.5, 0.6) is 0 Å². The van der Waals surface area contributed by atoms with E-state index in [-0.39, 0.29) is 17.9 Å². The lowest BCUT2D eigenvalue weighted by Gasteiger charge is -2.31. The molecule has 0 heterocycles. The molecule has 0 bridgehead atoms. The van der Waals surface area contributed by atoms with E-state index in [1.54, 1.807) is 4.90 Å². The van der Waals surface area contributed by atoms with Crippen molar-refractivity contribution >= 4 is 11.8 Å². The molecule has 2 rings (SSSR count). The Hall–Kier alpha value is -2.62. The molecule has 0 fully saturated rings. The van der Waals surface area contributed by atoms with Crippen LogP contribution in [0.15, 0.2) is 42.5 Å². The molecule has 0 aromatic heterocycles. The summed E-state index contributed by atoms with van der Waals surface area (Å²) in [5.74, 6) is -0.121. The molecule has 1 unspecified atom stereocenters. The van der Waals surface area contributed by atoms with Gasteiger partial charge in [0.05, 0.1) is 6.42 Å². The lowest BCUT2D eigenvalue weighted by atomic mass is 10.0. The molecule has 0 aliphatic carbocycles. The molecule has 4 heteroatoms. The van der Waals surface area contributed by atoms with Crippen LogP contribution in [0, 0.1) is 20.8 Å². The lowest BCUT2D eigenvalue weighted by molar-refractivity contribution is -0.141. The van der Waals surface area contributed by atoms with Gasteiger partial charge in [0.25, 0.3) is 0 Å². The fourth-order valence-electron chi connectivity index (χ4n) is 3.64. The molecule has 1 N–H and O–H groups in total. The molecule has 2 aromatic carbocycles. The predicted molar refractivity (Wildman–Crippen MR) is 119 cm³/mol. The first-order chi connectivity index (χ1) is 13.7. The van der Waals surface area contributed by atoms with Crippen molar-refractivity contribution in [1.29, 1.82) is 0 Å². The number of carbonyl (C=O) groups is 2. The maximum atomic E-state index is 13.3. The minimum absolute atomic E-state index is 0.0265. The van der Waals surface area contributed by atoms with Crippen molar-refractivity contribution < 1.29 is 9.59 Å². The van der Waals surface area contributed by atoms with Crippen LogP contribution in [0.2, 0.25) is 0 Å². The van der Waals surface area contributed by atoms with Crippen LogP contribution in [0.4, 0.5) is 0 Å². The minimum Gasteiger partial charge on any atom is -0.352 e. The van der Waals surface area contributed by atoms with Crippen molar-refractivity contribution in [3.05, 3.63) is 70.3 Å². The van der Waals surface area contributed by atoms with Crippen LogP contribution >= 0.6 is 0 Å². The zero-order valence-corrected chi connectivity index (χ0v) is 18.6. The molecule has 0 aliphatic heterocycles. The Morgan fingerprint density at radius 3 is 2.00 bits per heavy atom. The summed E-state index contributed by atoms with van der Waals surface area (Å²) in [7, 11) is 0. The molecule has 0 aliphatic rings. The highest BCUT2D eigenvalue weighted by molar-refractivity contribution is 5.88. The van der Waals surface area contributed by atoms with E-state index in [2.05, 4.69) is 11.4 Å². The summed E-state index contributed by atoms with van der Waals surface area (Å²) in [6, 6.07) is 13.9. The number of hydrogen-bond donors (Lipinski definition) is 1. The second-order valence-corrected chi connectivity index (χ2v) is 8.27. The van der Waals surface area contributed by atoms with Crippen molar-refractivity contribution in [3.8, 4) is 0 Å². The fraction of sp³-hybridized carbons (Fsp3) is 0.440. The van der Waals surface area contributed by atoms with Crippen LogP contribution in [-0.2, 0) is 22.6 Å². The van der Waals surface area contributed by atoms with Gasteiger partial charge in [0.1, 0.15) is 6.04 Å². The summed E-state index contributed by atoms with van der Waals surface area (Å²) in [6.45, 7) is 12.4. The Bertz CT molecular complexity index is 820. The van der Waals surface area contributed by atoms with Crippen LogP contribution in [0.25, 0.3) is 0 Å². The average Bonchev–Trinajstić information content (AvgIpc) is 2.61. The van der Waals surface area contributed by atoms with Gasteiger partial charge in [0.2, 0.25) is 11.8 Å². The molecule has 29 heavy (non-hydrogen) atoms. The number of benzene rings is 2. The summed E-state index contributed by atoms with van der Waals surface area (Å²) >= 11 is 0. The second-order valence-electron chi connectivity index (χ2n) is 8.27. The highest BCUT2D eigenvalue weighted by Gasteiger charge is 2.29. The topological polar surface area (TPSA) is 49.4 Å². The maximum Gasteiger partial charge on any atom is 0.243 e. The minimum atomic E-state index is -0.489. The molecule has 156 valence electrons. The van der Waals surface area contributed by atoms with E-state index in [0.717, 1.165) is 22.3 Å². The molecular formula is C25H34N2O2. The number of carbonyl (C=O) groups excluding carboxylic acids is 2. The van der Waals surface area contributed by atoms with Crippen LogP contribution in [-0.4, -0.2) is 28.8 Å². The highest BCUT2D eigenvalue weighted by atomic mass is 16.2. The van der Waals surface area contributed by atoms with Crippen molar-refractivity contribution in [3.63, 3.8) is 0 Å². The molecule has 1 atom stereocenters. The van der Waals surface area contributed by atoms with E-state index in [4.69, 9.17) is 0 Å². The SMILES string of the molecule is CCC(C(=O)NC(C)C)N(Cc1ccc(C)cc1)C(=O)Cc1cc(C)cc(C)c1. The largest absolute Gasteiger partial charge is 0.352 e. The Morgan fingerprint density at radius 2 is 1.48 bits per heavy atom. The fourth-order valence-corrected chi connectivity index (χ4v) is 3.64. The van der Waals surface area contributed by atoms with Crippen molar-refractivity contribution in [2.24, 2.45) is 0 Å². The van der Waals surface area contributed by atoms with Gasteiger partial charge in [0, 0.05) is 12.6 Å². The normalized spacial score (nSPS) is 12.0. The van der Waals surface area contributed by atoms with Crippen LogP contribution in [0.3, 0.4) is 0 Å². The first kappa shape index (κ1) is 22.7. The number of hydrogen-bond acceptors (Lipinski definition) is 2. The first-order valence-electron chi connectivity index (χ1n) is 10.4. The van der Waals surface area contributed by atoms with Gasteiger partial charge < -0.3 is 10.2 Å². The van der Waals surface area contributed by atoms with E-state index in [1.807, 2.05) is 77.9 Å². The molecule has 0 spiro atoms. The van der Waals surface area contributed by atoms with E-state index in [9.17, 15) is 9.59 Å². The molecule has 4 nitrogen and oxygen atoms in total. The number of amides is 2. The van der Waals surface area contributed by atoms with Crippen LogP contribution in [0.1, 0.15) is 55.0 Å². The number of aryl methyl sites for hydroxylation is 3. The second kappa shape index (κ2) is 10.2. The molecular weight excluding hydrogens is 360 g/mol. The van der Waals surface area contributed by atoms with E-state index >= 15 is 0 Å². The number of nitrogens with one attached hydrogen (secondary N) is 1. The van der Waals surface area contributed by atoms with Crippen molar-refractivity contribution in [1.82, 2.24) is 10.2 Å². The van der Waals surface area contributed by atoms with Gasteiger partial charge in [-0.15, -0.1) is 0 Å². The standard InChI is InChI=1S/C25H34N2O2/c1-7-23(25(29)26-17(2)3)27(16-21-10-8-18(4)9-11-21)24(28)15-22-13-19(5)12-20(6)14-22/h8-14,17,23H,7,15-16H2,1-6H3,(H,26,29). The van der Waals surface area contributed by atoms with Gasteiger partial charge in [-0.05, 0) is 52.2 Å². The number of rotatable bonds is 8. The molecule has 0 radical (unpaired) electrons. The molecule has 0 saturated heterocycles. The maximum absolute atomic E-state index is 13.3. The summed E-state index contributed by atoms with van der Waals surface area (Å²) in [4.78, 5) is 27.9. The Balaban J connectivity index is 2.31. The van der Waals surface area contributed by atoms with E-state index in [0.29, 0.717) is 19.4 Å². The van der Waals surface area contributed by atoms with Gasteiger partial charge in [0.15, 0.2) is 0 Å².